The van der Waals surface area contributed by atoms with Crippen molar-refractivity contribution in [1.29, 1.82) is 0 Å². The number of halogens is 1. The largest absolute Gasteiger partial charge is 0.459 e. The second-order valence-corrected chi connectivity index (χ2v) is 2.67. The van der Waals surface area contributed by atoms with Crippen molar-refractivity contribution in [2.45, 2.75) is 12.5 Å². The summed E-state index contributed by atoms with van der Waals surface area (Å²) in [5.41, 5.74) is 0. The molecule has 0 radical (unpaired) electrons. The third kappa shape index (κ3) is 2.27. The minimum absolute atomic E-state index is 0.00921. The van der Waals surface area contributed by atoms with E-state index in [1.54, 1.807) is 0 Å². The van der Waals surface area contributed by atoms with Crippen molar-refractivity contribution in [2.24, 2.45) is 0 Å². The molecule has 1 heterocycles. The van der Waals surface area contributed by atoms with E-state index in [9.17, 15) is 4.79 Å². The van der Waals surface area contributed by atoms with E-state index in [1.807, 2.05) is 0 Å². The van der Waals surface area contributed by atoms with Gasteiger partial charge in [0.05, 0.1) is 13.2 Å². The first kappa shape index (κ1) is 8.01. The summed E-state index contributed by atoms with van der Waals surface area (Å²) in [6.07, 6.45) is 0.823. The Morgan fingerprint density at radius 3 is 3.10 bits per heavy atom. The molecule has 0 aliphatic carbocycles. The maximum absolute atomic E-state index is 10.6. The summed E-state index contributed by atoms with van der Waals surface area (Å²) in [6.45, 7) is 1.26. The highest BCUT2D eigenvalue weighted by Crippen LogP contribution is 2.08. The van der Waals surface area contributed by atoms with Gasteiger partial charge in [0.25, 0.3) is 0 Å². The van der Waals surface area contributed by atoms with Crippen LogP contribution in [0, 0.1) is 0 Å². The highest BCUT2D eigenvalue weighted by molar-refractivity contribution is 9.09. The Morgan fingerprint density at radius 1 is 1.80 bits per heavy atom. The number of carbonyl (C=O) groups excluding carboxylic acids is 1. The molecule has 1 rings (SSSR count). The predicted molar refractivity (Wildman–Crippen MR) is 39.1 cm³/mol. The van der Waals surface area contributed by atoms with Crippen molar-refractivity contribution in [3.05, 3.63) is 0 Å². The molecule has 3 nitrogen and oxygen atoms in total. The fourth-order valence-corrected chi connectivity index (χ4v) is 0.955. The maximum Gasteiger partial charge on any atom is 0.316 e. The summed E-state index contributed by atoms with van der Waals surface area (Å²) in [7, 11) is 0. The van der Waals surface area contributed by atoms with E-state index in [1.165, 1.54) is 0 Å². The van der Waals surface area contributed by atoms with Gasteiger partial charge in [0, 0.05) is 6.42 Å². The molecule has 0 bridgehead atoms. The standard InChI is InChI=1S/C6H9BrO3/c7-3-6(8)10-5-1-2-9-4-5/h5H,1-4H2. The molecule has 4 heteroatoms. The van der Waals surface area contributed by atoms with Crippen LogP contribution in [0.4, 0.5) is 0 Å². The van der Waals surface area contributed by atoms with Gasteiger partial charge in [0.1, 0.15) is 11.4 Å². The van der Waals surface area contributed by atoms with Gasteiger partial charge in [-0.1, -0.05) is 15.9 Å². The monoisotopic (exact) mass is 208 g/mol. The first-order chi connectivity index (χ1) is 4.83. The summed E-state index contributed by atoms with van der Waals surface area (Å²) < 4.78 is 9.96. The lowest BCUT2D eigenvalue weighted by atomic mass is 10.3. The van der Waals surface area contributed by atoms with Crippen LogP contribution >= 0.6 is 15.9 Å². The molecule has 0 amide bonds. The van der Waals surface area contributed by atoms with Gasteiger partial charge < -0.3 is 9.47 Å². The smallest absolute Gasteiger partial charge is 0.316 e. The van der Waals surface area contributed by atoms with Gasteiger partial charge in [-0.25, -0.2) is 0 Å². The SMILES string of the molecule is O=C(CBr)OC1CCOC1. The molecule has 1 aliphatic rings. The van der Waals surface area contributed by atoms with E-state index in [2.05, 4.69) is 15.9 Å². The van der Waals surface area contributed by atoms with Crippen molar-refractivity contribution in [2.75, 3.05) is 18.5 Å². The first-order valence-electron chi connectivity index (χ1n) is 3.16. The summed E-state index contributed by atoms with van der Waals surface area (Å²) in [6, 6.07) is 0. The van der Waals surface area contributed by atoms with Crippen LogP contribution in [0.15, 0.2) is 0 Å². The van der Waals surface area contributed by atoms with Gasteiger partial charge in [-0.15, -0.1) is 0 Å². The Morgan fingerprint density at radius 2 is 2.60 bits per heavy atom. The molecule has 1 atom stereocenters. The number of alkyl halides is 1. The number of hydrogen-bond acceptors (Lipinski definition) is 3. The average molecular weight is 209 g/mol. The molecule has 1 fully saturated rings. The molecule has 1 unspecified atom stereocenters. The first-order valence-corrected chi connectivity index (χ1v) is 4.28. The van der Waals surface area contributed by atoms with Crippen molar-refractivity contribution in [3.8, 4) is 0 Å². The normalized spacial score (nSPS) is 24.7. The van der Waals surface area contributed by atoms with E-state index in [4.69, 9.17) is 9.47 Å². The number of rotatable bonds is 2. The van der Waals surface area contributed by atoms with Crippen LogP contribution in [0.5, 0.6) is 0 Å². The summed E-state index contributed by atoms with van der Waals surface area (Å²) in [5, 5.41) is 0.267. The van der Waals surface area contributed by atoms with Gasteiger partial charge >= 0.3 is 5.97 Å². The highest BCUT2D eigenvalue weighted by atomic mass is 79.9. The second kappa shape index (κ2) is 3.93. The van der Waals surface area contributed by atoms with Crippen LogP contribution in [-0.4, -0.2) is 30.6 Å². The fraction of sp³-hybridized carbons (Fsp3) is 0.833. The van der Waals surface area contributed by atoms with Crippen molar-refractivity contribution in [3.63, 3.8) is 0 Å². The van der Waals surface area contributed by atoms with Crippen LogP contribution in [0.2, 0.25) is 0 Å². The predicted octanol–water partition coefficient (Wildman–Crippen LogP) is 0.713. The minimum Gasteiger partial charge on any atom is -0.459 e. The topological polar surface area (TPSA) is 35.5 Å². The highest BCUT2D eigenvalue weighted by Gasteiger charge is 2.18. The molecule has 10 heavy (non-hydrogen) atoms. The Bertz CT molecular complexity index is 120. The Balaban J connectivity index is 2.17. The van der Waals surface area contributed by atoms with E-state index >= 15 is 0 Å². The van der Waals surface area contributed by atoms with Crippen LogP contribution in [0.25, 0.3) is 0 Å². The Hall–Kier alpha value is -0.0900. The van der Waals surface area contributed by atoms with Crippen molar-refractivity contribution in [1.82, 2.24) is 0 Å². The molecule has 58 valence electrons. The molecule has 0 saturated carbocycles. The zero-order valence-corrected chi connectivity index (χ0v) is 7.09. The average Bonchev–Trinajstić information content (AvgIpc) is 2.40. The molecule has 0 aromatic heterocycles. The van der Waals surface area contributed by atoms with Gasteiger partial charge in [-0.3, -0.25) is 4.79 Å². The molecule has 0 spiro atoms. The summed E-state index contributed by atoms with van der Waals surface area (Å²) in [4.78, 5) is 10.6. The number of esters is 1. The van der Waals surface area contributed by atoms with E-state index in [-0.39, 0.29) is 17.4 Å². The lowest BCUT2D eigenvalue weighted by molar-refractivity contribution is -0.145. The molecular formula is C6H9BrO3. The molecule has 0 aromatic rings. The Labute approximate surface area is 67.8 Å². The van der Waals surface area contributed by atoms with Crippen molar-refractivity contribution < 1.29 is 14.3 Å². The van der Waals surface area contributed by atoms with Crippen LogP contribution in [0.1, 0.15) is 6.42 Å². The fourth-order valence-electron chi connectivity index (χ4n) is 0.823. The Kier molecular flexibility index (Phi) is 3.15. The van der Waals surface area contributed by atoms with Gasteiger partial charge in [0.2, 0.25) is 0 Å². The zero-order valence-electron chi connectivity index (χ0n) is 5.51. The lowest BCUT2D eigenvalue weighted by Crippen LogP contribution is -2.18. The number of carbonyl (C=O) groups is 1. The van der Waals surface area contributed by atoms with Crippen LogP contribution in [0.3, 0.4) is 0 Å². The quantitative estimate of drug-likeness (QED) is 0.496. The third-order valence-corrected chi connectivity index (χ3v) is 1.75. The van der Waals surface area contributed by atoms with Crippen LogP contribution in [-0.2, 0) is 14.3 Å². The zero-order chi connectivity index (χ0) is 7.40. The second-order valence-electron chi connectivity index (χ2n) is 2.11. The number of ether oxygens (including phenoxy) is 2. The summed E-state index contributed by atoms with van der Waals surface area (Å²) >= 11 is 3.01. The van der Waals surface area contributed by atoms with Gasteiger partial charge in [-0.2, -0.15) is 0 Å². The third-order valence-electron chi connectivity index (χ3n) is 1.30. The van der Waals surface area contributed by atoms with Gasteiger partial charge in [-0.05, 0) is 0 Å². The maximum atomic E-state index is 10.6. The lowest BCUT2D eigenvalue weighted by Gasteiger charge is -2.07. The molecule has 1 saturated heterocycles. The van der Waals surface area contributed by atoms with Crippen LogP contribution < -0.4 is 0 Å². The summed E-state index contributed by atoms with van der Waals surface area (Å²) in [5.74, 6) is -0.212. The van der Waals surface area contributed by atoms with Gasteiger partial charge in [0.15, 0.2) is 0 Å². The molecular weight excluding hydrogens is 200 g/mol. The van der Waals surface area contributed by atoms with E-state index < -0.39 is 0 Å². The number of hydrogen-bond donors (Lipinski definition) is 0. The molecule has 0 aromatic carbocycles. The van der Waals surface area contributed by atoms with E-state index in [0.717, 1.165) is 6.42 Å². The van der Waals surface area contributed by atoms with Crippen molar-refractivity contribution >= 4 is 21.9 Å². The molecule has 0 N–H and O–H groups in total. The minimum atomic E-state index is -0.212. The molecule has 1 aliphatic heterocycles. The van der Waals surface area contributed by atoms with E-state index in [0.29, 0.717) is 13.2 Å².